The Bertz CT molecular complexity index is 787. The van der Waals surface area contributed by atoms with Crippen LogP contribution in [-0.4, -0.2) is 25.1 Å². The minimum Gasteiger partial charge on any atom is -0.482 e. The molecule has 27 heavy (non-hydrogen) atoms. The van der Waals surface area contributed by atoms with Crippen LogP contribution in [0.15, 0.2) is 36.4 Å². The van der Waals surface area contributed by atoms with Gasteiger partial charge in [-0.2, -0.15) is 0 Å². The third-order valence-electron chi connectivity index (χ3n) is 4.21. The molecule has 0 fully saturated rings. The van der Waals surface area contributed by atoms with E-state index < -0.39 is 5.97 Å². The largest absolute Gasteiger partial charge is 0.482 e. The molecule has 1 N–H and O–H groups in total. The van der Waals surface area contributed by atoms with E-state index in [-0.39, 0.29) is 19.1 Å². The number of carbonyl (C=O) groups excluding carboxylic acids is 2. The van der Waals surface area contributed by atoms with E-state index in [2.05, 4.69) is 19.2 Å². The zero-order chi connectivity index (χ0) is 20.0. The monoisotopic (exact) mass is 369 g/mol. The third-order valence-corrected chi connectivity index (χ3v) is 4.21. The van der Waals surface area contributed by atoms with Crippen molar-refractivity contribution in [2.24, 2.45) is 0 Å². The summed E-state index contributed by atoms with van der Waals surface area (Å²) in [6.07, 6.45) is 0. The average molecular weight is 369 g/mol. The maximum absolute atomic E-state index is 12.1. The van der Waals surface area contributed by atoms with Crippen molar-refractivity contribution in [2.45, 2.75) is 40.5 Å². The molecule has 0 bridgehead atoms. The molecule has 144 valence electrons. The van der Waals surface area contributed by atoms with Gasteiger partial charge in [0.1, 0.15) is 5.75 Å². The lowest BCUT2D eigenvalue weighted by molar-refractivity contribution is -0.149. The highest BCUT2D eigenvalue weighted by atomic mass is 16.6. The number of amides is 1. The second kappa shape index (κ2) is 9.21. The minimum absolute atomic E-state index is 0.239. The zero-order valence-corrected chi connectivity index (χ0v) is 16.6. The fourth-order valence-corrected chi connectivity index (χ4v) is 2.83. The number of esters is 1. The van der Waals surface area contributed by atoms with E-state index in [0.717, 1.165) is 22.4 Å². The van der Waals surface area contributed by atoms with Gasteiger partial charge in [-0.1, -0.05) is 43.7 Å². The summed E-state index contributed by atoms with van der Waals surface area (Å²) < 4.78 is 10.4. The molecule has 0 unspecified atom stereocenters. The van der Waals surface area contributed by atoms with E-state index >= 15 is 0 Å². The van der Waals surface area contributed by atoms with Crippen molar-refractivity contribution in [2.75, 3.05) is 18.5 Å². The van der Waals surface area contributed by atoms with Gasteiger partial charge in [0.25, 0.3) is 5.91 Å². The van der Waals surface area contributed by atoms with Gasteiger partial charge in [0.2, 0.25) is 0 Å². The predicted octanol–water partition coefficient (Wildman–Crippen LogP) is 4.30. The second-order valence-corrected chi connectivity index (χ2v) is 6.99. The van der Waals surface area contributed by atoms with Gasteiger partial charge in [0, 0.05) is 5.69 Å². The summed E-state index contributed by atoms with van der Waals surface area (Å²) in [6, 6.07) is 11.5. The van der Waals surface area contributed by atoms with Gasteiger partial charge in [0.05, 0.1) is 0 Å². The van der Waals surface area contributed by atoms with Crippen molar-refractivity contribution in [1.29, 1.82) is 0 Å². The first-order valence-electron chi connectivity index (χ1n) is 9.02. The van der Waals surface area contributed by atoms with Crippen LogP contribution in [0.3, 0.4) is 0 Å². The Balaban J connectivity index is 1.79. The Hall–Kier alpha value is -2.82. The number of nitrogens with one attached hydrogen (secondary N) is 1. The number of anilines is 1. The second-order valence-electron chi connectivity index (χ2n) is 6.99. The maximum atomic E-state index is 12.1. The van der Waals surface area contributed by atoms with Gasteiger partial charge in [-0.3, -0.25) is 4.79 Å². The highest BCUT2D eigenvalue weighted by Gasteiger charge is 2.12. The summed E-state index contributed by atoms with van der Waals surface area (Å²) in [6.45, 7) is 9.50. The van der Waals surface area contributed by atoms with Crippen LogP contribution in [0.25, 0.3) is 0 Å². The number of ether oxygens (including phenoxy) is 2. The lowest BCUT2D eigenvalue weighted by Gasteiger charge is -2.13. The smallest absolute Gasteiger partial charge is 0.344 e. The number of aryl methyl sites for hydroxylation is 3. The Morgan fingerprint density at radius 1 is 0.963 bits per heavy atom. The van der Waals surface area contributed by atoms with Crippen molar-refractivity contribution in [3.05, 3.63) is 58.7 Å². The average Bonchev–Trinajstić information content (AvgIpc) is 2.61. The molecule has 2 rings (SSSR count). The molecular weight excluding hydrogens is 342 g/mol. The molecule has 0 radical (unpaired) electrons. The van der Waals surface area contributed by atoms with Crippen LogP contribution in [0.1, 0.15) is 42.0 Å². The number of rotatable bonds is 7. The minimum atomic E-state index is -0.588. The summed E-state index contributed by atoms with van der Waals surface area (Å²) in [5.74, 6) is 0.0603. The molecule has 5 heteroatoms. The van der Waals surface area contributed by atoms with Crippen molar-refractivity contribution >= 4 is 17.6 Å². The Labute approximate surface area is 160 Å². The molecule has 0 aliphatic carbocycles. The highest BCUT2D eigenvalue weighted by molar-refractivity contribution is 5.94. The molecule has 0 aliphatic rings. The van der Waals surface area contributed by atoms with Gasteiger partial charge >= 0.3 is 5.97 Å². The number of carbonyl (C=O) groups is 2. The van der Waals surface area contributed by atoms with Gasteiger partial charge in [-0.05, 0) is 55.5 Å². The van der Waals surface area contributed by atoms with Crippen LogP contribution < -0.4 is 10.1 Å². The summed E-state index contributed by atoms with van der Waals surface area (Å²) in [4.78, 5) is 23.9. The molecular formula is C22H27NO4. The zero-order valence-electron chi connectivity index (χ0n) is 16.6. The lowest BCUT2D eigenvalue weighted by Crippen LogP contribution is -2.24. The molecule has 0 aromatic heterocycles. The van der Waals surface area contributed by atoms with Crippen LogP contribution >= 0.6 is 0 Å². The molecule has 0 atom stereocenters. The number of hydrogen-bond acceptors (Lipinski definition) is 4. The fourth-order valence-electron chi connectivity index (χ4n) is 2.83. The van der Waals surface area contributed by atoms with Crippen LogP contribution in [-0.2, 0) is 14.3 Å². The standard InChI is InChI=1S/C22H27NO4/c1-14(2)18-6-8-19(9-7-18)26-13-21(25)27-12-20(24)23-22-16(4)10-15(3)11-17(22)5/h6-11,14H,12-13H2,1-5H3,(H,23,24). The van der Waals surface area contributed by atoms with Crippen LogP contribution in [0.2, 0.25) is 0 Å². The van der Waals surface area contributed by atoms with E-state index in [1.54, 1.807) is 0 Å². The van der Waals surface area contributed by atoms with Gasteiger partial charge < -0.3 is 14.8 Å². The van der Waals surface area contributed by atoms with Gasteiger partial charge in [-0.25, -0.2) is 4.79 Å². The highest BCUT2D eigenvalue weighted by Crippen LogP contribution is 2.22. The first-order chi connectivity index (χ1) is 12.8. The topological polar surface area (TPSA) is 64.6 Å². The molecule has 5 nitrogen and oxygen atoms in total. The van der Waals surface area contributed by atoms with Crippen LogP contribution in [0.5, 0.6) is 5.75 Å². The van der Waals surface area contributed by atoms with Crippen LogP contribution in [0, 0.1) is 20.8 Å². The predicted molar refractivity (Wildman–Crippen MR) is 106 cm³/mol. The first-order valence-corrected chi connectivity index (χ1v) is 9.02. The van der Waals surface area contributed by atoms with Crippen molar-refractivity contribution < 1.29 is 19.1 Å². The summed E-state index contributed by atoms with van der Waals surface area (Å²) in [7, 11) is 0. The summed E-state index contributed by atoms with van der Waals surface area (Å²) >= 11 is 0. The molecule has 0 saturated carbocycles. The number of benzene rings is 2. The summed E-state index contributed by atoms with van der Waals surface area (Å²) in [5.41, 5.74) is 5.03. The number of hydrogen-bond donors (Lipinski definition) is 1. The van der Waals surface area contributed by atoms with E-state index in [1.165, 1.54) is 5.56 Å². The quantitative estimate of drug-likeness (QED) is 0.739. The van der Waals surface area contributed by atoms with E-state index in [4.69, 9.17) is 9.47 Å². The molecule has 0 heterocycles. The van der Waals surface area contributed by atoms with Gasteiger partial charge in [0.15, 0.2) is 13.2 Å². The van der Waals surface area contributed by atoms with Crippen molar-refractivity contribution in [3.8, 4) is 5.75 Å². The Kier molecular flexibility index (Phi) is 6.99. The molecule has 0 aliphatic heterocycles. The normalized spacial score (nSPS) is 10.6. The SMILES string of the molecule is Cc1cc(C)c(NC(=O)COC(=O)COc2ccc(C(C)C)cc2)c(C)c1. The van der Waals surface area contributed by atoms with Gasteiger partial charge in [-0.15, -0.1) is 0 Å². The fraction of sp³-hybridized carbons (Fsp3) is 0.364. The lowest BCUT2D eigenvalue weighted by atomic mass is 10.0. The molecule has 1 amide bonds. The van der Waals surface area contributed by atoms with E-state index in [9.17, 15) is 9.59 Å². The summed E-state index contributed by atoms with van der Waals surface area (Å²) in [5, 5.41) is 2.79. The Morgan fingerprint density at radius 2 is 1.56 bits per heavy atom. The first kappa shape index (κ1) is 20.5. The molecule has 2 aromatic rings. The third kappa shape index (κ3) is 6.13. The molecule has 0 spiro atoms. The van der Waals surface area contributed by atoms with Crippen molar-refractivity contribution in [1.82, 2.24) is 0 Å². The maximum Gasteiger partial charge on any atom is 0.344 e. The van der Waals surface area contributed by atoms with Crippen LogP contribution in [0.4, 0.5) is 5.69 Å². The molecule has 2 aromatic carbocycles. The van der Waals surface area contributed by atoms with E-state index in [1.807, 2.05) is 57.2 Å². The van der Waals surface area contributed by atoms with E-state index in [0.29, 0.717) is 11.7 Å². The Morgan fingerprint density at radius 3 is 2.11 bits per heavy atom. The molecule has 0 saturated heterocycles. The van der Waals surface area contributed by atoms with Crippen molar-refractivity contribution in [3.63, 3.8) is 0 Å².